The van der Waals surface area contributed by atoms with Crippen LogP contribution in [0.5, 0.6) is 0 Å². The Labute approximate surface area is 118 Å². The number of nitrogens with zero attached hydrogens (tertiary/aromatic N) is 3. The van der Waals surface area contributed by atoms with Gasteiger partial charge in [-0.05, 0) is 39.0 Å². The molecule has 0 spiro atoms. The van der Waals surface area contributed by atoms with Gasteiger partial charge in [0, 0.05) is 25.1 Å². The molecule has 0 amide bonds. The second-order valence-electron chi connectivity index (χ2n) is 6.02. The lowest BCUT2D eigenvalue weighted by Crippen LogP contribution is -2.29. The molecule has 2 fully saturated rings. The Morgan fingerprint density at radius 3 is 2.84 bits per heavy atom. The van der Waals surface area contributed by atoms with Crippen LogP contribution in [0.2, 0.25) is 5.15 Å². The summed E-state index contributed by atoms with van der Waals surface area (Å²) in [6.45, 7) is 3.66. The van der Waals surface area contributed by atoms with E-state index in [1.807, 2.05) is 13.0 Å². The lowest BCUT2D eigenvalue weighted by atomic mass is 9.98. The van der Waals surface area contributed by atoms with Gasteiger partial charge in [-0.2, -0.15) is 0 Å². The third kappa shape index (κ3) is 3.18. The average molecular weight is 282 g/mol. The van der Waals surface area contributed by atoms with Crippen LogP contribution in [-0.2, 0) is 0 Å². The van der Waals surface area contributed by atoms with Crippen LogP contribution in [-0.4, -0.2) is 33.8 Å². The molecule has 1 N–H and O–H groups in total. The topological polar surface area (TPSA) is 49.2 Å². The lowest BCUT2D eigenvalue weighted by molar-refractivity contribution is 0.0481. The summed E-state index contributed by atoms with van der Waals surface area (Å²) >= 11 is 6.11. The maximum Gasteiger partial charge on any atom is 0.135 e. The highest BCUT2D eigenvalue weighted by atomic mass is 35.5. The minimum atomic E-state index is -0.551. The highest BCUT2D eigenvalue weighted by Gasteiger charge is 2.29. The summed E-state index contributed by atoms with van der Waals surface area (Å²) in [5, 5.41) is 10.7. The molecule has 1 saturated heterocycles. The van der Waals surface area contributed by atoms with Crippen molar-refractivity contribution < 1.29 is 5.11 Å². The highest BCUT2D eigenvalue weighted by Crippen LogP contribution is 2.39. The van der Waals surface area contributed by atoms with Crippen LogP contribution >= 0.6 is 11.6 Å². The predicted molar refractivity (Wildman–Crippen MR) is 75.7 cm³/mol. The third-order valence-electron chi connectivity index (χ3n) is 4.03. The molecule has 4 nitrogen and oxygen atoms in total. The van der Waals surface area contributed by atoms with Crippen molar-refractivity contribution in [2.75, 3.05) is 18.0 Å². The summed E-state index contributed by atoms with van der Waals surface area (Å²) in [6.07, 6.45) is 4.95. The van der Waals surface area contributed by atoms with Crippen LogP contribution in [0.25, 0.3) is 0 Å². The SMILES string of the molecule is CC1(O)CCCN(c2cc(Cl)nc(C3CC3)n2)CC1. The van der Waals surface area contributed by atoms with Gasteiger partial charge in [-0.3, -0.25) is 0 Å². The van der Waals surface area contributed by atoms with Crippen LogP contribution in [0, 0.1) is 0 Å². The molecular weight excluding hydrogens is 262 g/mol. The van der Waals surface area contributed by atoms with E-state index in [0.717, 1.165) is 44.0 Å². The van der Waals surface area contributed by atoms with E-state index in [1.165, 1.54) is 12.8 Å². The zero-order valence-corrected chi connectivity index (χ0v) is 12.0. The van der Waals surface area contributed by atoms with Gasteiger partial charge in [0.1, 0.15) is 16.8 Å². The molecule has 1 saturated carbocycles. The largest absolute Gasteiger partial charge is 0.390 e. The van der Waals surface area contributed by atoms with Gasteiger partial charge in [-0.15, -0.1) is 0 Å². The Balaban J connectivity index is 1.81. The molecule has 5 heteroatoms. The van der Waals surface area contributed by atoms with Gasteiger partial charge >= 0.3 is 0 Å². The van der Waals surface area contributed by atoms with Crippen LogP contribution in [0.3, 0.4) is 0 Å². The van der Waals surface area contributed by atoms with Crippen LogP contribution in [0.1, 0.15) is 50.8 Å². The maximum absolute atomic E-state index is 10.1. The summed E-state index contributed by atoms with van der Waals surface area (Å²) in [5.41, 5.74) is -0.551. The van der Waals surface area contributed by atoms with Gasteiger partial charge in [0.05, 0.1) is 5.60 Å². The Bertz CT molecular complexity index is 474. The molecule has 1 atom stereocenters. The molecule has 0 radical (unpaired) electrons. The van der Waals surface area contributed by atoms with Crippen molar-refractivity contribution in [3.8, 4) is 0 Å². The van der Waals surface area contributed by atoms with Crippen molar-refractivity contribution in [1.29, 1.82) is 0 Å². The fraction of sp³-hybridized carbons (Fsp3) is 0.714. The molecule has 2 aliphatic rings. The zero-order chi connectivity index (χ0) is 13.5. The van der Waals surface area contributed by atoms with Crippen LogP contribution < -0.4 is 4.90 Å². The van der Waals surface area contributed by atoms with E-state index < -0.39 is 5.60 Å². The first-order valence-electron chi connectivity index (χ1n) is 7.05. The van der Waals surface area contributed by atoms with Crippen molar-refractivity contribution in [2.24, 2.45) is 0 Å². The molecular formula is C14H20ClN3O. The molecule has 0 aromatic carbocycles. The van der Waals surface area contributed by atoms with Gasteiger partial charge in [-0.1, -0.05) is 11.6 Å². The fourth-order valence-corrected chi connectivity index (χ4v) is 2.79. The van der Waals surface area contributed by atoms with E-state index in [1.54, 1.807) is 0 Å². The molecule has 1 aromatic heterocycles. The molecule has 1 aliphatic carbocycles. The molecule has 1 unspecified atom stereocenters. The van der Waals surface area contributed by atoms with Gasteiger partial charge in [0.15, 0.2) is 0 Å². The predicted octanol–water partition coefficient (Wildman–Crippen LogP) is 2.75. The normalized spacial score (nSPS) is 28.3. The number of aromatic nitrogens is 2. The van der Waals surface area contributed by atoms with Crippen molar-refractivity contribution in [3.63, 3.8) is 0 Å². The van der Waals surface area contributed by atoms with E-state index in [-0.39, 0.29) is 0 Å². The third-order valence-corrected chi connectivity index (χ3v) is 4.22. The molecule has 0 bridgehead atoms. The van der Waals surface area contributed by atoms with Crippen LogP contribution in [0.15, 0.2) is 6.07 Å². The Hall–Kier alpha value is -0.870. The Morgan fingerprint density at radius 1 is 1.32 bits per heavy atom. The van der Waals surface area contributed by atoms with Crippen LogP contribution in [0.4, 0.5) is 5.82 Å². The van der Waals surface area contributed by atoms with Crippen molar-refractivity contribution in [2.45, 2.75) is 50.5 Å². The van der Waals surface area contributed by atoms with Crippen molar-refractivity contribution >= 4 is 17.4 Å². The van der Waals surface area contributed by atoms with E-state index >= 15 is 0 Å². The summed E-state index contributed by atoms with van der Waals surface area (Å²) in [5.74, 6) is 2.31. The molecule has 104 valence electrons. The van der Waals surface area contributed by atoms with Gasteiger partial charge in [0.2, 0.25) is 0 Å². The number of hydrogen-bond donors (Lipinski definition) is 1. The number of rotatable bonds is 2. The molecule has 1 aliphatic heterocycles. The molecule has 3 rings (SSSR count). The molecule has 19 heavy (non-hydrogen) atoms. The van der Waals surface area contributed by atoms with E-state index in [0.29, 0.717) is 11.1 Å². The maximum atomic E-state index is 10.1. The fourth-order valence-electron chi connectivity index (χ4n) is 2.60. The summed E-state index contributed by atoms with van der Waals surface area (Å²) < 4.78 is 0. The number of aliphatic hydroxyl groups is 1. The van der Waals surface area contributed by atoms with E-state index in [9.17, 15) is 5.11 Å². The molecule has 2 heterocycles. The first kappa shape index (κ1) is 13.1. The standard InChI is InChI=1S/C14H20ClN3O/c1-14(19)5-2-7-18(8-6-14)12-9-11(15)16-13(17-12)10-3-4-10/h9-10,19H,2-8H2,1H3. The van der Waals surface area contributed by atoms with Gasteiger partial charge < -0.3 is 10.0 Å². The smallest absolute Gasteiger partial charge is 0.135 e. The van der Waals surface area contributed by atoms with Gasteiger partial charge in [0.25, 0.3) is 0 Å². The summed E-state index contributed by atoms with van der Waals surface area (Å²) in [7, 11) is 0. The first-order chi connectivity index (χ1) is 9.03. The zero-order valence-electron chi connectivity index (χ0n) is 11.3. The van der Waals surface area contributed by atoms with E-state index in [4.69, 9.17) is 11.6 Å². The minimum absolute atomic E-state index is 0.507. The summed E-state index contributed by atoms with van der Waals surface area (Å²) in [6, 6.07) is 1.84. The number of hydrogen-bond acceptors (Lipinski definition) is 4. The Kier molecular flexibility index (Phi) is 3.39. The lowest BCUT2D eigenvalue weighted by Gasteiger charge is -2.23. The van der Waals surface area contributed by atoms with Crippen molar-refractivity contribution in [1.82, 2.24) is 9.97 Å². The number of halogens is 1. The Morgan fingerprint density at radius 2 is 2.11 bits per heavy atom. The second-order valence-corrected chi connectivity index (χ2v) is 6.41. The summed E-state index contributed by atoms with van der Waals surface area (Å²) in [4.78, 5) is 11.2. The minimum Gasteiger partial charge on any atom is -0.390 e. The first-order valence-corrected chi connectivity index (χ1v) is 7.43. The number of anilines is 1. The molecule has 1 aromatic rings. The van der Waals surface area contributed by atoms with E-state index in [2.05, 4.69) is 14.9 Å². The second kappa shape index (κ2) is 4.91. The van der Waals surface area contributed by atoms with Crippen molar-refractivity contribution in [3.05, 3.63) is 17.0 Å². The monoisotopic (exact) mass is 281 g/mol. The van der Waals surface area contributed by atoms with Gasteiger partial charge in [-0.25, -0.2) is 9.97 Å². The quantitative estimate of drug-likeness (QED) is 0.847. The average Bonchev–Trinajstić information content (AvgIpc) is 3.15. The highest BCUT2D eigenvalue weighted by molar-refractivity contribution is 6.29.